The minimum atomic E-state index is -3.52. The van der Waals surface area contributed by atoms with Crippen molar-refractivity contribution in [3.05, 3.63) is 23.8 Å². The van der Waals surface area contributed by atoms with Crippen LogP contribution in [0.1, 0.15) is 32.3 Å². The smallest absolute Gasteiger partial charge is 0.240 e. The zero-order valence-corrected chi connectivity index (χ0v) is 14.3. The Labute approximate surface area is 137 Å². The number of carbonyl (C=O) groups is 1. The van der Waals surface area contributed by atoms with Crippen molar-refractivity contribution in [1.29, 1.82) is 0 Å². The molecule has 126 valence electrons. The fraction of sp³-hybridized carbons (Fsp3) is 0.562. The lowest BCUT2D eigenvalue weighted by atomic mass is 10.0. The van der Waals surface area contributed by atoms with Gasteiger partial charge in [0.05, 0.1) is 4.90 Å². The monoisotopic (exact) mass is 337 g/mol. The fourth-order valence-electron chi connectivity index (χ4n) is 3.40. The van der Waals surface area contributed by atoms with E-state index in [1.165, 1.54) is 6.92 Å². The van der Waals surface area contributed by atoms with Crippen LogP contribution >= 0.6 is 0 Å². The van der Waals surface area contributed by atoms with Crippen LogP contribution in [0.5, 0.6) is 0 Å². The molecule has 7 heteroatoms. The molecule has 6 nitrogen and oxygen atoms in total. The molecule has 0 bridgehead atoms. The molecule has 0 spiro atoms. The third kappa shape index (κ3) is 3.41. The van der Waals surface area contributed by atoms with Crippen LogP contribution in [0, 0.1) is 0 Å². The molecule has 2 aliphatic heterocycles. The first kappa shape index (κ1) is 16.4. The molecule has 0 aromatic heterocycles. The van der Waals surface area contributed by atoms with Crippen LogP contribution in [0.4, 0.5) is 5.69 Å². The van der Waals surface area contributed by atoms with E-state index in [9.17, 15) is 13.2 Å². The normalized spacial score (nSPS) is 24.5. The number of piperidine rings is 1. The Hall–Kier alpha value is -1.44. The summed E-state index contributed by atoms with van der Waals surface area (Å²) in [4.78, 5) is 13.5. The number of nitrogens with one attached hydrogen (secondary N) is 2. The zero-order chi connectivity index (χ0) is 16.6. The van der Waals surface area contributed by atoms with Gasteiger partial charge in [0, 0.05) is 31.2 Å². The van der Waals surface area contributed by atoms with Gasteiger partial charge in [0.1, 0.15) is 0 Å². The molecular weight excluding hydrogens is 314 g/mol. The second kappa shape index (κ2) is 6.22. The number of nitrogens with zero attached hydrogens (tertiary/aromatic N) is 1. The molecule has 0 aliphatic carbocycles. The van der Waals surface area contributed by atoms with Crippen molar-refractivity contribution in [1.82, 2.24) is 10.0 Å². The van der Waals surface area contributed by atoms with Crippen molar-refractivity contribution in [2.75, 3.05) is 18.0 Å². The summed E-state index contributed by atoms with van der Waals surface area (Å²) in [5, 5.41) is 3.31. The number of rotatable bonds is 3. The molecule has 0 saturated carbocycles. The number of carbonyl (C=O) groups excluding carboxylic acids is 1. The lowest BCUT2D eigenvalue weighted by Crippen LogP contribution is -2.46. The van der Waals surface area contributed by atoms with Crippen LogP contribution in [0.3, 0.4) is 0 Å². The van der Waals surface area contributed by atoms with Crippen molar-refractivity contribution < 1.29 is 13.2 Å². The Balaban J connectivity index is 1.80. The molecule has 2 N–H and O–H groups in total. The summed E-state index contributed by atoms with van der Waals surface area (Å²) < 4.78 is 28.0. The molecule has 23 heavy (non-hydrogen) atoms. The topological polar surface area (TPSA) is 78.5 Å². The molecule has 1 saturated heterocycles. The molecule has 1 aromatic carbocycles. The largest absolute Gasteiger partial charge is 0.314 e. The second-order valence-corrected chi connectivity index (χ2v) is 8.12. The third-order valence-electron chi connectivity index (χ3n) is 4.58. The Bertz CT molecular complexity index is 717. The van der Waals surface area contributed by atoms with Gasteiger partial charge < -0.3 is 10.2 Å². The van der Waals surface area contributed by atoms with Crippen LogP contribution < -0.4 is 14.9 Å². The van der Waals surface area contributed by atoms with E-state index in [2.05, 4.69) is 17.0 Å². The summed E-state index contributed by atoms with van der Waals surface area (Å²) in [7, 11) is -3.52. The SMILES string of the molecule is CC(=O)N1CCc2cc(S(=O)(=O)NC3CCNC(C)C3)ccc21. The zero-order valence-electron chi connectivity index (χ0n) is 13.5. The minimum Gasteiger partial charge on any atom is -0.314 e. The summed E-state index contributed by atoms with van der Waals surface area (Å²) in [6.45, 7) is 5.03. The molecule has 0 radical (unpaired) electrons. The first-order chi connectivity index (χ1) is 10.9. The molecular formula is C16H23N3O3S. The maximum absolute atomic E-state index is 12.6. The van der Waals surface area contributed by atoms with E-state index < -0.39 is 10.0 Å². The van der Waals surface area contributed by atoms with Gasteiger partial charge in [0.25, 0.3) is 0 Å². The number of hydrogen-bond acceptors (Lipinski definition) is 4. The summed E-state index contributed by atoms with van der Waals surface area (Å²) >= 11 is 0. The highest BCUT2D eigenvalue weighted by molar-refractivity contribution is 7.89. The number of anilines is 1. The lowest BCUT2D eigenvalue weighted by molar-refractivity contribution is -0.116. The summed E-state index contributed by atoms with van der Waals surface area (Å²) in [5.74, 6) is -0.0128. The predicted octanol–water partition coefficient (Wildman–Crippen LogP) is 1.01. The van der Waals surface area contributed by atoms with Gasteiger partial charge in [0.15, 0.2) is 0 Å². The standard InChI is InChI=1S/C16H23N3O3S/c1-11-9-14(5-7-17-11)18-23(21,22)15-3-4-16-13(10-15)6-8-19(16)12(2)20/h3-4,10-11,14,17-18H,5-9H2,1-2H3. The van der Waals surface area contributed by atoms with Crippen molar-refractivity contribution in [3.8, 4) is 0 Å². The third-order valence-corrected chi connectivity index (χ3v) is 6.10. The quantitative estimate of drug-likeness (QED) is 0.863. The van der Waals surface area contributed by atoms with Gasteiger partial charge in [-0.15, -0.1) is 0 Å². The van der Waals surface area contributed by atoms with Crippen molar-refractivity contribution in [2.45, 2.75) is 50.1 Å². The Morgan fingerprint density at radius 2 is 2.17 bits per heavy atom. The molecule has 2 aliphatic rings. The Morgan fingerprint density at radius 3 is 2.87 bits per heavy atom. The molecule has 1 aromatic rings. The van der Waals surface area contributed by atoms with Crippen LogP contribution in [0.2, 0.25) is 0 Å². The van der Waals surface area contributed by atoms with Gasteiger partial charge in [-0.3, -0.25) is 4.79 Å². The lowest BCUT2D eigenvalue weighted by Gasteiger charge is -2.28. The van der Waals surface area contributed by atoms with Crippen molar-refractivity contribution in [3.63, 3.8) is 0 Å². The van der Waals surface area contributed by atoms with E-state index in [1.807, 2.05) is 0 Å². The number of sulfonamides is 1. The van der Waals surface area contributed by atoms with E-state index in [0.29, 0.717) is 19.0 Å². The van der Waals surface area contributed by atoms with Crippen molar-refractivity contribution >= 4 is 21.6 Å². The number of hydrogen-bond donors (Lipinski definition) is 2. The highest BCUT2D eigenvalue weighted by atomic mass is 32.2. The average Bonchev–Trinajstić information content (AvgIpc) is 2.89. The van der Waals surface area contributed by atoms with E-state index in [1.54, 1.807) is 23.1 Å². The molecule has 1 amide bonds. The first-order valence-electron chi connectivity index (χ1n) is 8.03. The average molecular weight is 337 g/mol. The van der Waals surface area contributed by atoms with Crippen molar-refractivity contribution in [2.24, 2.45) is 0 Å². The predicted molar refractivity (Wildman–Crippen MR) is 89.0 cm³/mol. The first-order valence-corrected chi connectivity index (χ1v) is 9.52. The van der Waals surface area contributed by atoms with Crippen LogP contribution in [0.15, 0.2) is 23.1 Å². The molecule has 3 rings (SSSR count). The van der Waals surface area contributed by atoms with Gasteiger partial charge >= 0.3 is 0 Å². The van der Waals surface area contributed by atoms with Crippen LogP contribution in [-0.2, 0) is 21.2 Å². The van der Waals surface area contributed by atoms with E-state index >= 15 is 0 Å². The minimum absolute atomic E-state index is 0.0128. The summed E-state index contributed by atoms with van der Waals surface area (Å²) in [6.07, 6.45) is 2.29. The maximum atomic E-state index is 12.6. The Kier molecular flexibility index (Phi) is 4.44. The van der Waals surface area contributed by atoms with Crippen LogP contribution in [-0.4, -0.2) is 39.5 Å². The van der Waals surface area contributed by atoms with E-state index in [0.717, 1.165) is 30.6 Å². The second-order valence-electron chi connectivity index (χ2n) is 6.41. The molecule has 2 heterocycles. The highest BCUT2D eigenvalue weighted by Crippen LogP contribution is 2.30. The van der Waals surface area contributed by atoms with E-state index in [4.69, 9.17) is 0 Å². The molecule has 2 unspecified atom stereocenters. The number of fused-ring (bicyclic) bond motifs is 1. The summed E-state index contributed by atoms with van der Waals surface area (Å²) in [5.41, 5.74) is 1.74. The highest BCUT2D eigenvalue weighted by Gasteiger charge is 2.27. The molecule has 1 fully saturated rings. The van der Waals surface area contributed by atoms with Gasteiger partial charge in [-0.2, -0.15) is 0 Å². The number of benzene rings is 1. The van der Waals surface area contributed by atoms with Gasteiger partial charge in [0.2, 0.25) is 15.9 Å². The van der Waals surface area contributed by atoms with Gasteiger partial charge in [-0.1, -0.05) is 0 Å². The Morgan fingerprint density at radius 1 is 1.39 bits per heavy atom. The summed E-state index contributed by atoms with van der Waals surface area (Å²) in [6, 6.07) is 5.32. The fourth-order valence-corrected chi connectivity index (χ4v) is 4.73. The van der Waals surface area contributed by atoms with Gasteiger partial charge in [-0.25, -0.2) is 13.1 Å². The number of amides is 1. The van der Waals surface area contributed by atoms with Gasteiger partial charge in [-0.05, 0) is 56.5 Å². The van der Waals surface area contributed by atoms with Crippen LogP contribution in [0.25, 0.3) is 0 Å². The molecule has 2 atom stereocenters. The maximum Gasteiger partial charge on any atom is 0.240 e. The van der Waals surface area contributed by atoms with E-state index in [-0.39, 0.29) is 16.8 Å².